The number of fused-ring (bicyclic) bond motifs is 1. The molecule has 2 heteroatoms. The maximum absolute atomic E-state index is 8.80. The molecule has 1 aromatic rings. The number of rotatable bonds is 2. The van der Waals surface area contributed by atoms with Crippen LogP contribution in [0.4, 0.5) is 0 Å². The molecule has 1 aliphatic heterocycles. The van der Waals surface area contributed by atoms with E-state index in [-0.39, 0.29) is 17.1 Å². The van der Waals surface area contributed by atoms with Crippen molar-refractivity contribution in [2.24, 2.45) is 0 Å². The maximum Gasteiger partial charge on any atom is 0.0520 e. The standard InChI is InChI=1S/C11H11OS/c12-6-8-13-7-5-10-3-1-2-4-11(10)9-13/h1-5,7,12H,6,8H2. The van der Waals surface area contributed by atoms with Crippen LogP contribution in [0.3, 0.4) is 0 Å². The third kappa shape index (κ3) is 1.90. The summed E-state index contributed by atoms with van der Waals surface area (Å²) in [6, 6.07) is 8.19. The van der Waals surface area contributed by atoms with Gasteiger partial charge in [0.15, 0.2) is 0 Å². The summed E-state index contributed by atoms with van der Waals surface area (Å²) in [7, 11) is 0.0134. The molecule has 1 N–H and O–H groups in total. The molecule has 67 valence electrons. The van der Waals surface area contributed by atoms with Crippen molar-refractivity contribution in [1.82, 2.24) is 0 Å². The van der Waals surface area contributed by atoms with Crippen LogP contribution in [0.15, 0.2) is 29.7 Å². The van der Waals surface area contributed by atoms with Crippen LogP contribution in [0.5, 0.6) is 0 Å². The number of benzene rings is 1. The number of aliphatic hydroxyl groups excluding tert-OH is 1. The first kappa shape index (κ1) is 8.73. The molecule has 0 fully saturated rings. The van der Waals surface area contributed by atoms with Crippen LogP contribution in [-0.4, -0.2) is 22.8 Å². The molecule has 1 aromatic carbocycles. The first-order valence-electron chi connectivity index (χ1n) is 4.24. The van der Waals surface area contributed by atoms with Crippen molar-refractivity contribution in [3.8, 4) is 0 Å². The lowest BCUT2D eigenvalue weighted by molar-refractivity contribution is 0.322. The first-order valence-corrected chi connectivity index (χ1v) is 5.70. The average Bonchev–Trinajstić information content (AvgIpc) is 2.18. The van der Waals surface area contributed by atoms with Gasteiger partial charge in [0.05, 0.1) is 6.61 Å². The van der Waals surface area contributed by atoms with Crippen molar-refractivity contribution >= 4 is 21.9 Å². The van der Waals surface area contributed by atoms with Crippen molar-refractivity contribution in [3.63, 3.8) is 0 Å². The summed E-state index contributed by atoms with van der Waals surface area (Å²) in [6.45, 7) is 0.239. The quantitative estimate of drug-likeness (QED) is 0.708. The predicted molar refractivity (Wildman–Crippen MR) is 59.1 cm³/mol. The zero-order valence-electron chi connectivity index (χ0n) is 7.23. The normalized spacial score (nSPS) is 19.3. The smallest absolute Gasteiger partial charge is 0.0520 e. The molecule has 0 saturated heterocycles. The SMILES string of the molecule is OCCS1=[C]c2ccccc2C=C1. The fourth-order valence-corrected chi connectivity index (χ4v) is 2.57. The Balaban J connectivity index is 2.34. The van der Waals surface area contributed by atoms with E-state index < -0.39 is 0 Å². The number of aliphatic hydroxyl groups is 1. The van der Waals surface area contributed by atoms with E-state index in [1.165, 1.54) is 11.1 Å². The second-order valence-corrected chi connectivity index (χ2v) is 4.59. The van der Waals surface area contributed by atoms with Gasteiger partial charge in [-0.15, -0.1) is 0 Å². The van der Waals surface area contributed by atoms with Gasteiger partial charge in [0.2, 0.25) is 0 Å². The van der Waals surface area contributed by atoms with Gasteiger partial charge in [0.25, 0.3) is 0 Å². The van der Waals surface area contributed by atoms with Crippen molar-refractivity contribution in [1.29, 1.82) is 0 Å². The summed E-state index contributed by atoms with van der Waals surface area (Å²) in [5, 5.41) is 14.3. The Kier molecular flexibility index (Phi) is 2.62. The summed E-state index contributed by atoms with van der Waals surface area (Å²) in [5.74, 6) is 0.796. The van der Waals surface area contributed by atoms with Crippen molar-refractivity contribution in [2.45, 2.75) is 0 Å². The van der Waals surface area contributed by atoms with Gasteiger partial charge in [0, 0.05) is 11.1 Å². The fraction of sp³-hybridized carbons (Fsp3) is 0.182. The third-order valence-corrected chi connectivity index (χ3v) is 3.49. The second-order valence-electron chi connectivity index (χ2n) is 2.85. The Hall–Kier alpha value is -0.860. The Morgan fingerprint density at radius 3 is 3.00 bits per heavy atom. The van der Waals surface area contributed by atoms with Gasteiger partial charge < -0.3 is 5.11 Å². The average molecular weight is 191 g/mol. The van der Waals surface area contributed by atoms with Gasteiger partial charge in [-0.3, -0.25) is 0 Å². The van der Waals surface area contributed by atoms with Crippen LogP contribution >= 0.6 is 10.5 Å². The highest BCUT2D eigenvalue weighted by Crippen LogP contribution is 2.24. The Bertz CT molecular complexity index is 366. The summed E-state index contributed by atoms with van der Waals surface area (Å²) < 4.78 is 0. The van der Waals surface area contributed by atoms with Gasteiger partial charge in [-0.25, -0.2) is 0 Å². The molecular weight excluding hydrogens is 180 g/mol. The Labute approximate surface area is 80.6 Å². The zero-order chi connectivity index (χ0) is 9.10. The number of hydrogen-bond donors (Lipinski definition) is 1. The molecule has 0 amide bonds. The molecule has 0 aliphatic carbocycles. The van der Waals surface area contributed by atoms with Crippen LogP contribution in [0.25, 0.3) is 6.08 Å². The highest BCUT2D eigenvalue weighted by molar-refractivity contribution is 8.17. The van der Waals surface area contributed by atoms with E-state index in [0.29, 0.717) is 0 Å². The predicted octanol–water partition coefficient (Wildman–Crippen LogP) is 1.96. The van der Waals surface area contributed by atoms with Crippen molar-refractivity contribution < 1.29 is 5.11 Å². The molecule has 1 atom stereocenters. The summed E-state index contributed by atoms with van der Waals surface area (Å²) >= 11 is 0. The molecule has 1 radical (unpaired) electrons. The molecule has 0 aromatic heterocycles. The molecule has 2 rings (SSSR count). The van der Waals surface area contributed by atoms with Crippen LogP contribution in [0.2, 0.25) is 0 Å². The maximum atomic E-state index is 8.80. The number of hydrogen-bond acceptors (Lipinski definition) is 1. The first-order chi connectivity index (χ1) is 6.40. The lowest BCUT2D eigenvalue weighted by Crippen LogP contribution is -1.95. The molecule has 0 bridgehead atoms. The lowest BCUT2D eigenvalue weighted by atomic mass is 10.1. The highest BCUT2D eigenvalue weighted by atomic mass is 32.2. The molecule has 1 nitrogen and oxygen atoms in total. The van der Waals surface area contributed by atoms with Gasteiger partial charge in [-0.05, 0) is 22.6 Å². The second kappa shape index (κ2) is 3.90. The van der Waals surface area contributed by atoms with Gasteiger partial charge in [-0.2, -0.15) is 10.5 Å². The van der Waals surface area contributed by atoms with Crippen molar-refractivity contribution in [3.05, 3.63) is 40.8 Å². The summed E-state index contributed by atoms with van der Waals surface area (Å²) in [5.41, 5.74) is 2.39. The molecule has 0 saturated carbocycles. The molecule has 1 aliphatic rings. The third-order valence-electron chi connectivity index (χ3n) is 1.92. The van der Waals surface area contributed by atoms with Crippen LogP contribution in [0.1, 0.15) is 11.1 Å². The molecule has 0 spiro atoms. The fourth-order valence-electron chi connectivity index (χ4n) is 1.28. The largest absolute Gasteiger partial charge is 0.396 e. The van der Waals surface area contributed by atoms with Crippen LogP contribution in [-0.2, 0) is 0 Å². The zero-order valence-corrected chi connectivity index (χ0v) is 8.05. The molecule has 1 unspecified atom stereocenters. The Morgan fingerprint density at radius 1 is 1.31 bits per heavy atom. The minimum atomic E-state index is 0.0134. The monoisotopic (exact) mass is 191 g/mol. The minimum Gasteiger partial charge on any atom is -0.396 e. The molecular formula is C11H11OS. The summed E-state index contributed by atoms with van der Waals surface area (Å²) in [4.78, 5) is 0. The van der Waals surface area contributed by atoms with Crippen molar-refractivity contribution in [2.75, 3.05) is 12.4 Å². The van der Waals surface area contributed by atoms with E-state index in [1.54, 1.807) is 0 Å². The summed E-state index contributed by atoms with van der Waals surface area (Å²) in [6.07, 6.45) is 2.12. The van der Waals surface area contributed by atoms with Crippen LogP contribution < -0.4 is 0 Å². The molecule has 1 heterocycles. The highest BCUT2D eigenvalue weighted by Gasteiger charge is 2.02. The van der Waals surface area contributed by atoms with Gasteiger partial charge in [0.1, 0.15) is 0 Å². The van der Waals surface area contributed by atoms with E-state index in [0.717, 1.165) is 5.75 Å². The van der Waals surface area contributed by atoms with E-state index in [9.17, 15) is 0 Å². The molecule has 13 heavy (non-hydrogen) atoms. The lowest BCUT2D eigenvalue weighted by Gasteiger charge is -2.09. The van der Waals surface area contributed by atoms with Gasteiger partial charge >= 0.3 is 0 Å². The van der Waals surface area contributed by atoms with Crippen LogP contribution in [0, 0.1) is 0 Å². The van der Waals surface area contributed by atoms with E-state index in [1.807, 2.05) is 12.1 Å². The topological polar surface area (TPSA) is 20.2 Å². The van der Waals surface area contributed by atoms with Gasteiger partial charge in [-0.1, -0.05) is 24.3 Å². The van der Waals surface area contributed by atoms with E-state index >= 15 is 0 Å². The van der Waals surface area contributed by atoms with E-state index in [4.69, 9.17) is 5.11 Å². The Morgan fingerprint density at radius 2 is 2.15 bits per heavy atom. The van der Waals surface area contributed by atoms with E-state index in [2.05, 4.69) is 29.0 Å². The minimum absolute atomic E-state index is 0.0134.